The Morgan fingerprint density at radius 1 is 0.654 bits per heavy atom. The van der Waals surface area contributed by atoms with Gasteiger partial charge in [0, 0.05) is 11.4 Å². The number of anilines is 2. The fourth-order valence-electron chi connectivity index (χ4n) is 2.25. The van der Waals surface area contributed by atoms with Crippen LogP contribution in [0.25, 0.3) is 0 Å². The lowest BCUT2D eigenvalue weighted by atomic mass is 10.1. The van der Waals surface area contributed by atoms with Crippen LogP contribution < -0.4 is 10.6 Å². The Kier molecular flexibility index (Phi) is 10.3. The Morgan fingerprint density at radius 3 is 1.23 bits per heavy atom. The summed E-state index contributed by atoms with van der Waals surface area (Å²) in [4.78, 5) is 0. The summed E-state index contributed by atoms with van der Waals surface area (Å²) in [6.45, 7) is 8.37. The van der Waals surface area contributed by atoms with E-state index >= 15 is 0 Å². The zero-order valence-electron chi connectivity index (χ0n) is 15.9. The molecule has 0 heterocycles. The van der Waals surface area contributed by atoms with Gasteiger partial charge >= 0.3 is 0 Å². The molecular formula is C20H30Cl2N4. The smallest absolute Gasteiger partial charge is 0.147 e. The van der Waals surface area contributed by atoms with Crippen LogP contribution in [0.4, 0.5) is 11.4 Å². The molecular weight excluding hydrogens is 367 g/mol. The molecule has 2 N–H and O–H groups in total. The molecule has 0 aliphatic carbocycles. The highest BCUT2D eigenvalue weighted by Gasteiger charge is 2.25. The SMILES string of the molecule is CCC(C)(N=NC(C)(CC)Nc1ccccc1)Nc1ccccc1.Cl.Cl. The van der Waals surface area contributed by atoms with Crippen molar-refractivity contribution in [1.29, 1.82) is 0 Å². The van der Waals surface area contributed by atoms with Gasteiger partial charge in [-0.1, -0.05) is 50.2 Å². The first-order valence-corrected chi connectivity index (χ1v) is 8.59. The van der Waals surface area contributed by atoms with Gasteiger partial charge in [-0.3, -0.25) is 0 Å². The van der Waals surface area contributed by atoms with Gasteiger partial charge in [-0.15, -0.1) is 24.8 Å². The highest BCUT2D eigenvalue weighted by molar-refractivity contribution is 5.85. The number of para-hydroxylation sites is 2. The molecule has 6 heteroatoms. The third-order valence-electron chi connectivity index (χ3n) is 4.24. The van der Waals surface area contributed by atoms with Crippen molar-refractivity contribution in [2.24, 2.45) is 10.2 Å². The van der Waals surface area contributed by atoms with Gasteiger partial charge in [0.1, 0.15) is 11.3 Å². The van der Waals surface area contributed by atoms with Crippen LogP contribution in [0.5, 0.6) is 0 Å². The van der Waals surface area contributed by atoms with Gasteiger partial charge < -0.3 is 10.6 Å². The summed E-state index contributed by atoms with van der Waals surface area (Å²) >= 11 is 0. The number of nitrogens with zero attached hydrogens (tertiary/aromatic N) is 2. The molecule has 0 aromatic heterocycles. The predicted molar refractivity (Wildman–Crippen MR) is 117 cm³/mol. The van der Waals surface area contributed by atoms with E-state index in [2.05, 4.69) is 48.6 Å². The Morgan fingerprint density at radius 2 is 0.962 bits per heavy atom. The quantitative estimate of drug-likeness (QED) is 0.484. The Labute approximate surface area is 169 Å². The monoisotopic (exact) mass is 396 g/mol. The van der Waals surface area contributed by atoms with Gasteiger partial charge in [0.05, 0.1) is 0 Å². The maximum Gasteiger partial charge on any atom is 0.147 e. The molecule has 2 rings (SSSR count). The zero-order chi connectivity index (χ0) is 17.5. The summed E-state index contributed by atoms with van der Waals surface area (Å²) in [7, 11) is 0. The lowest BCUT2D eigenvalue weighted by Crippen LogP contribution is -2.35. The van der Waals surface area contributed by atoms with Crippen LogP contribution in [0, 0.1) is 0 Å². The van der Waals surface area contributed by atoms with E-state index in [0.29, 0.717) is 0 Å². The van der Waals surface area contributed by atoms with Gasteiger partial charge in [-0.2, -0.15) is 10.2 Å². The number of halogens is 2. The molecule has 26 heavy (non-hydrogen) atoms. The number of hydrogen-bond acceptors (Lipinski definition) is 4. The molecule has 0 saturated carbocycles. The number of hydrogen-bond donors (Lipinski definition) is 2. The fraction of sp³-hybridized carbons (Fsp3) is 0.400. The standard InChI is InChI=1S/C20H28N4.2ClH/c1-5-19(3,21-17-13-9-7-10-14-17)23-24-20(4,6-2)22-18-15-11-8-12-16-18;;/h7-16,21-22H,5-6H2,1-4H3;2*1H. The topological polar surface area (TPSA) is 48.8 Å². The molecule has 0 bridgehead atoms. The van der Waals surface area contributed by atoms with Gasteiger partial charge in [0.15, 0.2) is 0 Å². The summed E-state index contributed by atoms with van der Waals surface area (Å²) < 4.78 is 0. The van der Waals surface area contributed by atoms with Crippen LogP contribution in [-0.2, 0) is 0 Å². The summed E-state index contributed by atoms with van der Waals surface area (Å²) in [6.07, 6.45) is 1.69. The molecule has 0 aliphatic rings. The zero-order valence-corrected chi connectivity index (χ0v) is 17.5. The first-order valence-electron chi connectivity index (χ1n) is 8.59. The van der Waals surface area contributed by atoms with Crippen LogP contribution in [0.2, 0.25) is 0 Å². The molecule has 144 valence electrons. The van der Waals surface area contributed by atoms with E-state index in [1.165, 1.54) is 0 Å². The first kappa shape index (κ1) is 24.2. The summed E-state index contributed by atoms with van der Waals surface area (Å²) in [5.41, 5.74) is 1.23. The molecule has 0 fully saturated rings. The lowest BCUT2D eigenvalue weighted by molar-refractivity contribution is 0.420. The molecule has 2 aromatic carbocycles. The van der Waals surface area contributed by atoms with Crippen molar-refractivity contribution in [3.05, 3.63) is 60.7 Å². The Balaban J connectivity index is 0.00000312. The van der Waals surface area contributed by atoms with Crippen molar-refractivity contribution >= 4 is 36.2 Å². The van der Waals surface area contributed by atoms with Crippen molar-refractivity contribution in [2.75, 3.05) is 10.6 Å². The normalized spacial score (nSPS) is 15.1. The summed E-state index contributed by atoms with van der Waals surface area (Å²) in [6, 6.07) is 20.3. The summed E-state index contributed by atoms with van der Waals surface area (Å²) in [5.74, 6) is 0. The third-order valence-corrected chi connectivity index (χ3v) is 4.24. The number of rotatable bonds is 8. The molecule has 2 aromatic rings. The highest BCUT2D eigenvalue weighted by Crippen LogP contribution is 2.25. The average Bonchev–Trinajstić information content (AvgIpc) is 2.62. The van der Waals surface area contributed by atoms with Crippen molar-refractivity contribution < 1.29 is 0 Å². The number of nitrogens with one attached hydrogen (secondary N) is 2. The molecule has 2 unspecified atom stereocenters. The van der Waals surface area contributed by atoms with E-state index in [-0.39, 0.29) is 24.8 Å². The molecule has 0 aliphatic heterocycles. The van der Waals surface area contributed by atoms with Crippen LogP contribution in [0.15, 0.2) is 70.9 Å². The van der Waals surface area contributed by atoms with Gasteiger partial charge in [0.2, 0.25) is 0 Å². The largest absolute Gasteiger partial charge is 0.360 e. The summed E-state index contributed by atoms with van der Waals surface area (Å²) in [5, 5.41) is 16.3. The van der Waals surface area contributed by atoms with E-state index < -0.39 is 11.3 Å². The maximum absolute atomic E-state index is 4.66. The van der Waals surface area contributed by atoms with E-state index in [1.54, 1.807) is 0 Å². The second kappa shape index (κ2) is 11.0. The molecule has 0 saturated heterocycles. The predicted octanol–water partition coefficient (Wildman–Crippen LogP) is 6.76. The van der Waals surface area contributed by atoms with Crippen molar-refractivity contribution in [2.45, 2.75) is 51.9 Å². The average molecular weight is 397 g/mol. The van der Waals surface area contributed by atoms with Crippen molar-refractivity contribution in [3.63, 3.8) is 0 Å². The Bertz CT molecular complexity index is 594. The highest BCUT2D eigenvalue weighted by atomic mass is 35.5. The molecule has 0 radical (unpaired) electrons. The lowest BCUT2D eigenvalue weighted by Gasteiger charge is -2.30. The van der Waals surface area contributed by atoms with E-state index in [9.17, 15) is 0 Å². The molecule has 4 nitrogen and oxygen atoms in total. The van der Waals surface area contributed by atoms with E-state index in [1.807, 2.05) is 60.7 Å². The van der Waals surface area contributed by atoms with Gasteiger partial charge in [0.25, 0.3) is 0 Å². The van der Waals surface area contributed by atoms with E-state index in [4.69, 9.17) is 0 Å². The maximum atomic E-state index is 4.66. The Hall–Kier alpha value is -1.78. The molecule has 0 spiro atoms. The van der Waals surface area contributed by atoms with Crippen LogP contribution >= 0.6 is 24.8 Å². The first-order chi connectivity index (χ1) is 11.5. The minimum Gasteiger partial charge on any atom is -0.360 e. The van der Waals surface area contributed by atoms with Crippen LogP contribution in [-0.4, -0.2) is 11.3 Å². The van der Waals surface area contributed by atoms with Crippen LogP contribution in [0.3, 0.4) is 0 Å². The number of azo groups is 1. The third kappa shape index (κ3) is 7.22. The molecule has 0 amide bonds. The van der Waals surface area contributed by atoms with Gasteiger partial charge in [-0.05, 0) is 51.0 Å². The van der Waals surface area contributed by atoms with Crippen LogP contribution in [0.1, 0.15) is 40.5 Å². The fourth-order valence-corrected chi connectivity index (χ4v) is 2.25. The minimum atomic E-state index is -0.434. The van der Waals surface area contributed by atoms with E-state index in [0.717, 1.165) is 24.2 Å². The van der Waals surface area contributed by atoms with Crippen molar-refractivity contribution in [3.8, 4) is 0 Å². The van der Waals surface area contributed by atoms with Crippen molar-refractivity contribution in [1.82, 2.24) is 0 Å². The second-order valence-electron chi connectivity index (χ2n) is 6.44. The number of benzene rings is 2. The molecule has 2 atom stereocenters. The second-order valence-corrected chi connectivity index (χ2v) is 6.44. The van der Waals surface area contributed by atoms with Gasteiger partial charge in [-0.25, -0.2) is 0 Å². The minimum absolute atomic E-state index is 0.